The van der Waals surface area contributed by atoms with Crippen molar-refractivity contribution in [2.45, 2.75) is 19.3 Å². The van der Waals surface area contributed by atoms with Crippen molar-refractivity contribution in [3.63, 3.8) is 0 Å². The minimum absolute atomic E-state index is 0.424. The van der Waals surface area contributed by atoms with Crippen LogP contribution in [0.25, 0.3) is 0 Å². The topological polar surface area (TPSA) is 15.3 Å². The molecule has 2 nitrogen and oxygen atoms in total. The van der Waals surface area contributed by atoms with Crippen molar-refractivity contribution in [2.75, 3.05) is 32.7 Å². The molecule has 0 bridgehead atoms. The summed E-state index contributed by atoms with van der Waals surface area (Å²) in [6, 6.07) is 3.84. The fourth-order valence-electron chi connectivity index (χ4n) is 2.34. The number of nitrogens with zero attached hydrogens (tertiary/aromatic N) is 1. The molecule has 1 aliphatic heterocycles. The van der Waals surface area contributed by atoms with E-state index >= 15 is 0 Å². The summed E-state index contributed by atoms with van der Waals surface area (Å²) in [5.41, 5.74) is 0.615. The van der Waals surface area contributed by atoms with Gasteiger partial charge in [0.25, 0.3) is 0 Å². The van der Waals surface area contributed by atoms with Crippen LogP contribution in [-0.4, -0.2) is 37.6 Å². The quantitative estimate of drug-likeness (QED) is 0.886. The van der Waals surface area contributed by atoms with Gasteiger partial charge in [-0.1, -0.05) is 6.07 Å². The van der Waals surface area contributed by atoms with E-state index in [0.717, 1.165) is 45.2 Å². The second-order valence-electron chi connectivity index (χ2n) is 4.78. The van der Waals surface area contributed by atoms with Crippen LogP contribution in [0.5, 0.6) is 0 Å². The Morgan fingerprint density at radius 1 is 1.17 bits per heavy atom. The molecule has 18 heavy (non-hydrogen) atoms. The Labute approximate surface area is 107 Å². The molecule has 100 valence electrons. The third-order valence-corrected chi connectivity index (χ3v) is 3.37. The van der Waals surface area contributed by atoms with Crippen molar-refractivity contribution in [2.24, 2.45) is 0 Å². The number of nitrogens with one attached hydrogen (secondary N) is 1. The van der Waals surface area contributed by atoms with Crippen molar-refractivity contribution in [1.29, 1.82) is 0 Å². The van der Waals surface area contributed by atoms with Gasteiger partial charge in [0, 0.05) is 19.2 Å². The lowest BCUT2D eigenvalue weighted by Crippen LogP contribution is -2.29. The first-order valence-electron chi connectivity index (χ1n) is 6.63. The zero-order valence-electron chi connectivity index (χ0n) is 10.6. The second kappa shape index (κ2) is 6.81. The molecule has 1 aromatic carbocycles. The summed E-state index contributed by atoms with van der Waals surface area (Å²) in [5.74, 6) is -0.928. The van der Waals surface area contributed by atoms with E-state index in [4.69, 9.17) is 0 Å². The van der Waals surface area contributed by atoms with Crippen molar-refractivity contribution >= 4 is 0 Å². The SMILES string of the molecule is Fc1ccc(CCCN2CCCNCC2)c(F)c1. The lowest BCUT2D eigenvalue weighted by Gasteiger charge is -2.19. The van der Waals surface area contributed by atoms with Gasteiger partial charge in [-0.05, 0) is 50.5 Å². The van der Waals surface area contributed by atoms with E-state index in [-0.39, 0.29) is 0 Å². The summed E-state index contributed by atoms with van der Waals surface area (Å²) in [6.45, 7) is 5.28. The van der Waals surface area contributed by atoms with Gasteiger partial charge in [-0.2, -0.15) is 0 Å². The molecule has 1 saturated heterocycles. The lowest BCUT2D eigenvalue weighted by atomic mass is 10.1. The van der Waals surface area contributed by atoms with Gasteiger partial charge in [-0.3, -0.25) is 0 Å². The van der Waals surface area contributed by atoms with Crippen molar-refractivity contribution < 1.29 is 8.78 Å². The molecule has 0 atom stereocenters. The monoisotopic (exact) mass is 254 g/mol. The van der Waals surface area contributed by atoms with E-state index in [1.54, 1.807) is 6.07 Å². The van der Waals surface area contributed by atoms with Gasteiger partial charge in [-0.25, -0.2) is 8.78 Å². The maximum atomic E-state index is 13.4. The van der Waals surface area contributed by atoms with Crippen LogP contribution in [0, 0.1) is 11.6 Å². The Hall–Kier alpha value is -1.00. The molecule has 1 fully saturated rings. The van der Waals surface area contributed by atoms with E-state index < -0.39 is 11.6 Å². The lowest BCUT2D eigenvalue weighted by molar-refractivity contribution is 0.288. The first-order valence-corrected chi connectivity index (χ1v) is 6.63. The predicted octanol–water partition coefficient (Wildman–Crippen LogP) is 2.19. The smallest absolute Gasteiger partial charge is 0.129 e. The fraction of sp³-hybridized carbons (Fsp3) is 0.571. The van der Waals surface area contributed by atoms with E-state index in [1.165, 1.54) is 12.5 Å². The fourth-order valence-corrected chi connectivity index (χ4v) is 2.34. The molecular weight excluding hydrogens is 234 g/mol. The van der Waals surface area contributed by atoms with Gasteiger partial charge in [-0.15, -0.1) is 0 Å². The first kappa shape index (κ1) is 13.4. The molecule has 0 aliphatic carbocycles. The number of aryl methyl sites for hydroxylation is 1. The van der Waals surface area contributed by atoms with Crippen molar-refractivity contribution in [3.8, 4) is 0 Å². The molecule has 1 N–H and O–H groups in total. The summed E-state index contributed by atoms with van der Waals surface area (Å²) in [4.78, 5) is 2.40. The van der Waals surface area contributed by atoms with E-state index in [0.29, 0.717) is 12.0 Å². The van der Waals surface area contributed by atoms with Crippen LogP contribution in [0.15, 0.2) is 18.2 Å². The largest absolute Gasteiger partial charge is 0.315 e. The number of hydrogen-bond donors (Lipinski definition) is 1. The van der Waals surface area contributed by atoms with Gasteiger partial charge in [0.1, 0.15) is 11.6 Å². The molecule has 0 aromatic heterocycles. The number of halogens is 2. The van der Waals surface area contributed by atoms with Crippen LogP contribution in [0.2, 0.25) is 0 Å². The number of benzene rings is 1. The van der Waals surface area contributed by atoms with Crippen LogP contribution >= 0.6 is 0 Å². The van der Waals surface area contributed by atoms with E-state index in [2.05, 4.69) is 10.2 Å². The Balaban J connectivity index is 1.77. The predicted molar refractivity (Wildman–Crippen MR) is 68.6 cm³/mol. The van der Waals surface area contributed by atoms with Gasteiger partial charge in [0.15, 0.2) is 0 Å². The van der Waals surface area contributed by atoms with Crippen molar-refractivity contribution in [3.05, 3.63) is 35.4 Å². The summed E-state index contributed by atoms with van der Waals surface area (Å²) < 4.78 is 26.2. The van der Waals surface area contributed by atoms with Gasteiger partial charge >= 0.3 is 0 Å². The van der Waals surface area contributed by atoms with Crippen LogP contribution in [-0.2, 0) is 6.42 Å². The minimum atomic E-state index is -0.505. The molecule has 4 heteroatoms. The minimum Gasteiger partial charge on any atom is -0.315 e. The van der Waals surface area contributed by atoms with Gasteiger partial charge in [0.2, 0.25) is 0 Å². The molecule has 0 amide bonds. The maximum Gasteiger partial charge on any atom is 0.129 e. The Morgan fingerprint density at radius 3 is 2.89 bits per heavy atom. The highest BCUT2D eigenvalue weighted by atomic mass is 19.1. The molecule has 2 rings (SSSR count). The average molecular weight is 254 g/mol. The number of hydrogen-bond acceptors (Lipinski definition) is 2. The zero-order chi connectivity index (χ0) is 12.8. The van der Waals surface area contributed by atoms with Crippen LogP contribution in [0.1, 0.15) is 18.4 Å². The molecule has 1 aliphatic rings. The van der Waals surface area contributed by atoms with E-state index in [1.807, 2.05) is 0 Å². The summed E-state index contributed by atoms with van der Waals surface area (Å²) in [6.07, 6.45) is 2.77. The molecule has 0 spiro atoms. The highest BCUT2D eigenvalue weighted by molar-refractivity contribution is 5.18. The molecule has 1 aromatic rings. The zero-order valence-corrected chi connectivity index (χ0v) is 10.6. The van der Waals surface area contributed by atoms with Gasteiger partial charge in [0.05, 0.1) is 0 Å². The maximum absolute atomic E-state index is 13.4. The number of rotatable bonds is 4. The summed E-state index contributed by atoms with van der Waals surface area (Å²) >= 11 is 0. The highest BCUT2D eigenvalue weighted by Gasteiger charge is 2.09. The van der Waals surface area contributed by atoms with Crippen LogP contribution in [0.4, 0.5) is 8.78 Å². The summed E-state index contributed by atoms with van der Waals surface area (Å²) in [5, 5.41) is 3.36. The highest BCUT2D eigenvalue weighted by Crippen LogP contribution is 2.12. The third-order valence-electron chi connectivity index (χ3n) is 3.37. The van der Waals surface area contributed by atoms with Crippen LogP contribution in [0.3, 0.4) is 0 Å². The Bertz CT molecular complexity index is 374. The summed E-state index contributed by atoms with van der Waals surface area (Å²) in [7, 11) is 0. The second-order valence-corrected chi connectivity index (χ2v) is 4.78. The Kier molecular flexibility index (Phi) is 5.08. The third kappa shape index (κ3) is 4.03. The standard InChI is InChI=1S/C14H20F2N2/c15-13-5-4-12(14(16)11-13)3-1-8-18-9-2-6-17-7-10-18/h4-5,11,17H,1-3,6-10H2. The van der Waals surface area contributed by atoms with Crippen molar-refractivity contribution in [1.82, 2.24) is 10.2 Å². The molecule has 0 radical (unpaired) electrons. The molecule has 0 unspecified atom stereocenters. The normalized spacial score (nSPS) is 17.7. The molecule has 0 saturated carbocycles. The first-order chi connectivity index (χ1) is 8.75. The van der Waals surface area contributed by atoms with Gasteiger partial charge < -0.3 is 10.2 Å². The average Bonchev–Trinajstić information content (AvgIpc) is 2.60. The molecule has 1 heterocycles. The Morgan fingerprint density at radius 2 is 2.06 bits per heavy atom. The molecular formula is C14H20F2N2. The van der Waals surface area contributed by atoms with Crippen LogP contribution < -0.4 is 5.32 Å². The van der Waals surface area contributed by atoms with E-state index in [9.17, 15) is 8.78 Å².